The quantitative estimate of drug-likeness (QED) is 0.817. The Morgan fingerprint density at radius 2 is 2.16 bits per heavy atom. The van der Waals surface area contributed by atoms with Gasteiger partial charge < -0.3 is 16.0 Å². The molecule has 0 unspecified atom stereocenters. The van der Waals surface area contributed by atoms with Gasteiger partial charge in [0.05, 0.1) is 23.3 Å². The fourth-order valence-corrected chi connectivity index (χ4v) is 2.14. The van der Waals surface area contributed by atoms with Crippen molar-refractivity contribution in [1.29, 1.82) is 0 Å². The number of amides is 1. The molecule has 1 aliphatic heterocycles. The molecule has 3 N–H and O–H groups in total. The van der Waals surface area contributed by atoms with Crippen molar-refractivity contribution in [2.75, 3.05) is 22.5 Å². The average Bonchev–Trinajstić information content (AvgIpc) is 2.41. The van der Waals surface area contributed by atoms with E-state index >= 15 is 0 Å². The van der Waals surface area contributed by atoms with Crippen LogP contribution in [0.25, 0.3) is 0 Å². The summed E-state index contributed by atoms with van der Waals surface area (Å²) in [6.45, 7) is 2.18. The van der Waals surface area contributed by atoms with Crippen LogP contribution in [0.3, 0.4) is 0 Å². The molecule has 1 aromatic heterocycles. The molecule has 19 heavy (non-hydrogen) atoms. The topological polar surface area (TPSA) is 71.2 Å². The molecule has 1 aromatic carbocycles. The van der Waals surface area contributed by atoms with Gasteiger partial charge in [-0.05, 0) is 30.7 Å². The molecule has 2 aromatic rings. The molecule has 5 nitrogen and oxygen atoms in total. The summed E-state index contributed by atoms with van der Waals surface area (Å²) in [5, 5.41) is 2.85. The first kappa shape index (κ1) is 11.5. The summed E-state index contributed by atoms with van der Waals surface area (Å²) in [6.07, 6.45) is 1.62. The number of aryl methyl sites for hydroxylation is 1. The first-order valence-corrected chi connectivity index (χ1v) is 6.03. The number of nitrogens with one attached hydrogen (secondary N) is 1. The number of anilines is 4. The Labute approximate surface area is 111 Å². The second kappa shape index (κ2) is 4.28. The monoisotopic (exact) mass is 254 g/mol. The molecule has 5 heteroatoms. The number of carbonyl (C=O) groups excluding carboxylic acids is 1. The van der Waals surface area contributed by atoms with Crippen LogP contribution in [0.2, 0.25) is 0 Å². The maximum absolute atomic E-state index is 11.8. The zero-order valence-electron chi connectivity index (χ0n) is 10.6. The largest absolute Gasteiger partial charge is 0.397 e. The highest BCUT2D eigenvalue weighted by Gasteiger charge is 2.23. The highest BCUT2D eigenvalue weighted by Crippen LogP contribution is 2.34. The van der Waals surface area contributed by atoms with E-state index in [9.17, 15) is 4.79 Å². The number of fused-ring (bicyclic) bond motifs is 1. The number of pyridine rings is 1. The molecule has 0 spiro atoms. The van der Waals surface area contributed by atoms with Crippen molar-refractivity contribution in [3.63, 3.8) is 0 Å². The van der Waals surface area contributed by atoms with Gasteiger partial charge in [0.1, 0.15) is 12.4 Å². The SMILES string of the molecule is Cc1cc(N2CC(=O)Nc3ccccc32)ncc1N. The number of nitrogens with zero attached hydrogens (tertiary/aromatic N) is 2. The summed E-state index contributed by atoms with van der Waals surface area (Å²) in [5.41, 5.74) is 9.13. The lowest BCUT2D eigenvalue weighted by atomic mass is 10.1. The summed E-state index contributed by atoms with van der Waals surface area (Å²) >= 11 is 0. The Morgan fingerprint density at radius 1 is 1.37 bits per heavy atom. The average molecular weight is 254 g/mol. The van der Waals surface area contributed by atoms with Crippen molar-refractivity contribution in [1.82, 2.24) is 4.98 Å². The summed E-state index contributed by atoms with van der Waals surface area (Å²) in [7, 11) is 0. The third kappa shape index (κ3) is 1.99. The molecule has 96 valence electrons. The van der Waals surface area contributed by atoms with E-state index in [0.29, 0.717) is 5.69 Å². The maximum atomic E-state index is 11.8. The molecule has 1 aliphatic rings. The van der Waals surface area contributed by atoms with E-state index in [0.717, 1.165) is 22.8 Å². The number of para-hydroxylation sites is 2. The molecule has 3 rings (SSSR count). The Morgan fingerprint density at radius 3 is 2.95 bits per heavy atom. The van der Waals surface area contributed by atoms with E-state index in [1.165, 1.54) is 0 Å². The third-order valence-electron chi connectivity index (χ3n) is 3.18. The second-order valence-corrected chi connectivity index (χ2v) is 4.55. The maximum Gasteiger partial charge on any atom is 0.244 e. The summed E-state index contributed by atoms with van der Waals surface area (Å²) in [4.78, 5) is 18.0. The predicted molar refractivity (Wildman–Crippen MR) is 75.5 cm³/mol. The first-order chi connectivity index (χ1) is 9.15. The van der Waals surface area contributed by atoms with Crippen LogP contribution in [0, 0.1) is 6.92 Å². The number of nitrogen functional groups attached to an aromatic ring is 1. The van der Waals surface area contributed by atoms with Crippen LogP contribution >= 0.6 is 0 Å². The van der Waals surface area contributed by atoms with Crippen molar-refractivity contribution in [3.05, 3.63) is 42.1 Å². The van der Waals surface area contributed by atoms with Crippen LogP contribution < -0.4 is 16.0 Å². The Hall–Kier alpha value is -2.56. The number of nitrogens with two attached hydrogens (primary N) is 1. The molecule has 0 saturated heterocycles. The van der Waals surface area contributed by atoms with E-state index < -0.39 is 0 Å². The van der Waals surface area contributed by atoms with Crippen molar-refractivity contribution in [2.24, 2.45) is 0 Å². The number of aromatic nitrogens is 1. The highest BCUT2D eigenvalue weighted by molar-refractivity contribution is 6.02. The van der Waals surface area contributed by atoms with Gasteiger partial charge in [-0.15, -0.1) is 0 Å². The Balaban J connectivity index is 2.09. The second-order valence-electron chi connectivity index (χ2n) is 4.55. The van der Waals surface area contributed by atoms with Crippen LogP contribution in [-0.4, -0.2) is 17.4 Å². The highest BCUT2D eigenvalue weighted by atomic mass is 16.2. The lowest BCUT2D eigenvalue weighted by Gasteiger charge is -2.30. The van der Waals surface area contributed by atoms with Gasteiger partial charge in [0.25, 0.3) is 0 Å². The zero-order chi connectivity index (χ0) is 13.4. The minimum atomic E-state index is -0.0463. The van der Waals surface area contributed by atoms with Gasteiger partial charge in [-0.3, -0.25) is 4.79 Å². The van der Waals surface area contributed by atoms with Crippen molar-refractivity contribution >= 4 is 28.8 Å². The van der Waals surface area contributed by atoms with Crippen molar-refractivity contribution in [3.8, 4) is 0 Å². The minimum absolute atomic E-state index is 0.0463. The van der Waals surface area contributed by atoms with E-state index in [4.69, 9.17) is 5.73 Å². The molecule has 0 atom stereocenters. The van der Waals surface area contributed by atoms with Gasteiger partial charge in [-0.1, -0.05) is 12.1 Å². The molecule has 2 heterocycles. The Bertz CT molecular complexity index is 654. The fraction of sp³-hybridized carbons (Fsp3) is 0.143. The van der Waals surface area contributed by atoms with Gasteiger partial charge in [0.2, 0.25) is 5.91 Å². The number of benzene rings is 1. The van der Waals surface area contributed by atoms with Crippen LogP contribution in [0.4, 0.5) is 22.9 Å². The van der Waals surface area contributed by atoms with E-state index in [-0.39, 0.29) is 12.5 Å². The summed E-state index contributed by atoms with van der Waals surface area (Å²) in [6, 6.07) is 9.56. The van der Waals surface area contributed by atoms with Crippen LogP contribution in [0.5, 0.6) is 0 Å². The lowest BCUT2D eigenvalue weighted by molar-refractivity contribution is -0.115. The molecule has 0 saturated carbocycles. The van der Waals surface area contributed by atoms with Crippen molar-refractivity contribution in [2.45, 2.75) is 6.92 Å². The predicted octanol–water partition coefficient (Wildman–Crippen LogP) is 2.06. The first-order valence-electron chi connectivity index (χ1n) is 6.03. The summed E-state index contributed by atoms with van der Waals surface area (Å²) < 4.78 is 0. The van der Waals surface area contributed by atoms with Crippen LogP contribution in [-0.2, 0) is 4.79 Å². The lowest BCUT2D eigenvalue weighted by Crippen LogP contribution is -2.35. The van der Waals surface area contributed by atoms with Gasteiger partial charge in [0.15, 0.2) is 0 Å². The number of hydrogen-bond acceptors (Lipinski definition) is 4. The van der Waals surface area contributed by atoms with E-state index in [2.05, 4.69) is 10.3 Å². The molecule has 0 fully saturated rings. The molecular formula is C14H14N4O. The van der Waals surface area contributed by atoms with Gasteiger partial charge in [0, 0.05) is 0 Å². The molecular weight excluding hydrogens is 240 g/mol. The fourth-order valence-electron chi connectivity index (χ4n) is 2.14. The van der Waals surface area contributed by atoms with Crippen LogP contribution in [0.1, 0.15) is 5.56 Å². The third-order valence-corrected chi connectivity index (χ3v) is 3.18. The molecule has 0 aliphatic carbocycles. The molecule has 0 radical (unpaired) electrons. The van der Waals surface area contributed by atoms with Crippen molar-refractivity contribution < 1.29 is 4.79 Å². The molecule has 0 bridgehead atoms. The van der Waals surface area contributed by atoms with Gasteiger partial charge in [-0.25, -0.2) is 4.98 Å². The molecule has 1 amide bonds. The number of rotatable bonds is 1. The Kier molecular flexibility index (Phi) is 2.59. The smallest absolute Gasteiger partial charge is 0.244 e. The normalized spacial score (nSPS) is 13.9. The standard InChI is InChI=1S/C14H14N4O/c1-9-6-13(16-7-10(9)15)18-8-14(19)17-11-4-2-3-5-12(11)18/h2-7H,8,15H2,1H3,(H,17,19). The minimum Gasteiger partial charge on any atom is -0.397 e. The zero-order valence-corrected chi connectivity index (χ0v) is 10.6. The number of hydrogen-bond donors (Lipinski definition) is 2. The van der Waals surface area contributed by atoms with Gasteiger partial charge >= 0.3 is 0 Å². The van der Waals surface area contributed by atoms with Gasteiger partial charge in [-0.2, -0.15) is 0 Å². The summed E-state index contributed by atoms with van der Waals surface area (Å²) in [5.74, 6) is 0.684. The number of carbonyl (C=O) groups is 1. The van der Waals surface area contributed by atoms with Crippen LogP contribution in [0.15, 0.2) is 36.5 Å². The van der Waals surface area contributed by atoms with E-state index in [1.807, 2.05) is 42.2 Å². The van der Waals surface area contributed by atoms with E-state index in [1.54, 1.807) is 6.20 Å².